The number of hydrogen-bond acceptors (Lipinski definition) is 5. The Morgan fingerprint density at radius 2 is 1.69 bits per heavy atom. The van der Waals surface area contributed by atoms with Gasteiger partial charge in [0.25, 0.3) is 0 Å². The van der Waals surface area contributed by atoms with E-state index in [4.69, 9.17) is 27.9 Å². The van der Waals surface area contributed by atoms with Crippen LogP contribution in [0.4, 0.5) is 4.39 Å². The number of halogens is 3. The molecule has 1 aliphatic rings. The summed E-state index contributed by atoms with van der Waals surface area (Å²) in [5.41, 5.74) is 0. The van der Waals surface area contributed by atoms with E-state index >= 15 is 0 Å². The fraction of sp³-hybridized carbons (Fsp3) is 0.368. The molecule has 0 aromatic heterocycles. The van der Waals surface area contributed by atoms with E-state index in [2.05, 4.69) is 0 Å². The number of sulfonamides is 1. The summed E-state index contributed by atoms with van der Waals surface area (Å²) in [4.78, 5) is 1.89. The first-order valence-corrected chi connectivity index (χ1v) is 11.2. The number of ether oxygens (including phenoxy) is 1. The van der Waals surface area contributed by atoms with Crippen molar-refractivity contribution in [1.29, 1.82) is 0 Å². The zero-order valence-electron chi connectivity index (χ0n) is 15.5. The predicted molar refractivity (Wildman–Crippen MR) is 110 cm³/mol. The number of piperazine rings is 1. The number of aliphatic hydroxyl groups is 1. The molecule has 158 valence electrons. The van der Waals surface area contributed by atoms with E-state index in [1.807, 2.05) is 4.90 Å². The minimum Gasteiger partial charge on any atom is -0.488 e. The number of hydrogen-bond donors (Lipinski definition) is 1. The topological polar surface area (TPSA) is 70.1 Å². The van der Waals surface area contributed by atoms with E-state index in [1.165, 1.54) is 22.5 Å². The van der Waals surface area contributed by atoms with E-state index in [1.54, 1.807) is 18.2 Å². The Hall–Kier alpha value is -1.42. The van der Waals surface area contributed by atoms with Crippen LogP contribution in [0.3, 0.4) is 0 Å². The van der Waals surface area contributed by atoms with Crippen LogP contribution in [0.15, 0.2) is 47.4 Å². The molecular formula is C19H21Cl2FN2O4S. The van der Waals surface area contributed by atoms with Crippen LogP contribution in [0.5, 0.6) is 5.75 Å². The molecule has 0 aliphatic carbocycles. The van der Waals surface area contributed by atoms with Gasteiger partial charge in [-0.2, -0.15) is 4.31 Å². The van der Waals surface area contributed by atoms with Gasteiger partial charge in [-0.1, -0.05) is 35.3 Å². The minimum absolute atomic E-state index is 0.00522. The van der Waals surface area contributed by atoms with Gasteiger partial charge in [0.1, 0.15) is 18.5 Å². The first-order chi connectivity index (χ1) is 13.8. The van der Waals surface area contributed by atoms with E-state index in [0.29, 0.717) is 35.4 Å². The molecule has 1 atom stereocenters. The maximum absolute atomic E-state index is 13.4. The molecule has 1 N–H and O–H groups in total. The third kappa shape index (κ3) is 5.59. The smallest absolute Gasteiger partial charge is 0.243 e. The van der Waals surface area contributed by atoms with Gasteiger partial charge in [0, 0.05) is 32.7 Å². The second-order valence-corrected chi connectivity index (χ2v) is 9.43. The molecule has 1 fully saturated rings. The van der Waals surface area contributed by atoms with Crippen molar-refractivity contribution in [3.8, 4) is 5.75 Å². The van der Waals surface area contributed by atoms with Crippen LogP contribution in [0.25, 0.3) is 0 Å². The zero-order chi connectivity index (χ0) is 21.0. The molecule has 10 heteroatoms. The number of aliphatic hydroxyl groups excluding tert-OH is 1. The van der Waals surface area contributed by atoms with Gasteiger partial charge in [0.2, 0.25) is 10.0 Å². The lowest BCUT2D eigenvalue weighted by Crippen LogP contribution is -2.50. The number of β-amino-alcohol motifs (C(OH)–C–C–N with tert-alkyl or cyclic N) is 1. The van der Waals surface area contributed by atoms with Gasteiger partial charge in [0.05, 0.1) is 14.9 Å². The third-order valence-corrected chi connectivity index (χ3v) is 7.06. The average Bonchev–Trinajstić information content (AvgIpc) is 2.68. The maximum Gasteiger partial charge on any atom is 0.243 e. The Bertz CT molecular complexity index is 933. The molecule has 1 unspecified atom stereocenters. The van der Waals surface area contributed by atoms with Crippen molar-refractivity contribution in [2.24, 2.45) is 0 Å². The standard InChI is InChI=1S/C19H21Cl2FN2O4S/c20-17-5-2-6-18(21)19(17)28-13-15(25)12-23-7-9-24(10-8-23)29(26,27)16-4-1-3-14(22)11-16/h1-6,11,15,25H,7-10,12-13H2. The molecular weight excluding hydrogens is 442 g/mol. The van der Waals surface area contributed by atoms with Crippen molar-refractivity contribution in [1.82, 2.24) is 9.21 Å². The maximum atomic E-state index is 13.4. The quantitative estimate of drug-likeness (QED) is 0.684. The second kappa shape index (κ2) is 9.59. The van der Waals surface area contributed by atoms with Gasteiger partial charge >= 0.3 is 0 Å². The number of para-hydroxylation sites is 1. The molecule has 0 radical (unpaired) electrons. The van der Waals surface area contributed by atoms with Crippen LogP contribution in [-0.2, 0) is 10.0 Å². The monoisotopic (exact) mass is 462 g/mol. The molecule has 2 aromatic carbocycles. The third-order valence-electron chi connectivity index (χ3n) is 4.57. The summed E-state index contributed by atoms with van der Waals surface area (Å²) in [6.45, 7) is 1.71. The summed E-state index contributed by atoms with van der Waals surface area (Å²) < 4.78 is 45.5. The van der Waals surface area contributed by atoms with Crippen molar-refractivity contribution in [3.05, 3.63) is 58.3 Å². The largest absolute Gasteiger partial charge is 0.488 e. The normalized spacial score (nSPS) is 17.2. The molecule has 1 aliphatic heterocycles. The van der Waals surface area contributed by atoms with Crippen LogP contribution >= 0.6 is 23.2 Å². The number of rotatable bonds is 7. The van der Waals surface area contributed by atoms with E-state index in [0.717, 1.165) is 6.07 Å². The van der Waals surface area contributed by atoms with Gasteiger partial charge in [-0.15, -0.1) is 0 Å². The highest BCUT2D eigenvalue weighted by Crippen LogP contribution is 2.32. The highest BCUT2D eigenvalue weighted by Gasteiger charge is 2.29. The molecule has 0 saturated carbocycles. The fourth-order valence-corrected chi connectivity index (χ4v) is 5.04. The average molecular weight is 463 g/mol. The van der Waals surface area contributed by atoms with Crippen molar-refractivity contribution < 1.29 is 22.7 Å². The van der Waals surface area contributed by atoms with Gasteiger partial charge in [-0.05, 0) is 30.3 Å². The highest BCUT2D eigenvalue weighted by molar-refractivity contribution is 7.89. The minimum atomic E-state index is -3.74. The van der Waals surface area contributed by atoms with Crippen molar-refractivity contribution >= 4 is 33.2 Å². The summed E-state index contributed by atoms with van der Waals surface area (Å²) in [5, 5.41) is 11.0. The van der Waals surface area contributed by atoms with Crippen LogP contribution in [0, 0.1) is 5.82 Å². The lowest BCUT2D eigenvalue weighted by molar-refractivity contribution is 0.0569. The molecule has 29 heavy (non-hydrogen) atoms. The van der Waals surface area contributed by atoms with Gasteiger partial charge < -0.3 is 9.84 Å². The predicted octanol–water partition coefficient (Wildman–Crippen LogP) is 2.88. The summed E-state index contributed by atoms with van der Waals surface area (Å²) in [5.74, 6) is -0.271. The van der Waals surface area contributed by atoms with Gasteiger partial charge in [-0.25, -0.2) is 12.8 Å². The molecule has 0 amide bonds. The number of benzene rings is 2. The van der Waals surface area contributed by atoms with Crippen LogP contribution in [-0.4, -0.2) is 68.2 Å². The first kappa shape index (κ1) is 22.3. The van der Waals surface area contributed by atoms with E-state index < -0.39 is 21.9 Å². The highest BCUT2D eigenvalue weighted by atomic mass is 35.5. The Morgan fingerprint density at radius 1 is 1.07 bits per heavy atom. The molecule has 1 heterocycles. The Labute approximate surface area is 179 Å². The second-order valence-electron chi connectivity index (χ2n) is 6.68. The zero-order valence-corrected chi connectivity index (χ0v) is 17.8. The van der Waals surface area contributed by atoms with Gasteiger partial charge in [-0.3, -0.25) is 4.90 Å². The SMILES string of the molecule is O=S(=O)(c1cccc(F)c1)N1CCN(CC(O)COc2c(Cl)cccc2Cl)CC1. The van der Waals surface area contributed by atoms with Gasteiger partial charge in [0.15, 0.2) is 5.75 Å². The molecule has 1 saturated heterocycles. The Morgan fingerprint density at radius 3 is 2.31 bits per heavy atom. The fourth-order valence-electron chi connectivity index (χ4n) is 3.08. The molecule has 0 spiro atoms. The summed E-state index contributed by atoms with van der Waals surface area (Å²) >= 11 is 12.1. The molecule has 2 aromatic rings. The Balaban J connectivity index is 1.50. The van der Waals surface area contributed by atoms with Crippen molar-refractivity contribution in [2.75, 3.05) is 39.3 Å². The summed E-state index contributed by atoms with van der Waals surface area (Å²) in [6, 6.07) is 9.97. The van der Waals surface area contributed by atoms with E-state index in [9.17, 15) is 17.9 Å². The molecule has 3 rings (SSSR count). The van der Waals surface area contributed by atoms with E-state index in [-0.39, 0.29) is 24.6 Å². The molecule has 0 bridgehead atoms. The van der Waals surface area contributed by atoms with Crippen molar-refractivity contribution in [2.45, 2.75) is 11.0 Å². The lowest BCUT2D eigenvalue weighted by Gasteiger charge is -2.34. The summed E-state index contributed by atoms with van der Waals surface area (Å²) in [7, 11) is -3.74. The summed E-state index contributed by atoms with van der Waals surface area (Å²) in [6.07, 6.45) is -0.797. The van der Waals surface area contributed by atoms with Crippen LogP contribution < -0.4 is 4.74 Å². The van der Waals surface area contributed by atoms with Crippen LogP contribution in [0.2, 0.25) is 10.0 Å². The molecule has 6 nitrogen and oxygen atoms in total. The van der Waals surface area contributed by atoms with Crippen molar-refractivity contribution in [3.63, 3.8) is 0 Å². The lowest BCUT2D eigenvalue weighted by atomic mass is 10.3. The number of nitrogens with zero attached hydrogens (tertiary/aromatic N) is 2. The Kier molecular flexibility index (Phi) is 7.37. The van der Waals surface area contributed by atoms with Crippen LogP contribution in [0.1, 0.15) is 0 Å². The first-order valence-electron chi connectivity index (χ1n) is 9.00.